The van der Waals surface area contributed by atoms with Crippen LogP contribution in [0.2, 0.25) is 15.1 Å². The monoisotopic (exact) mass is 570 g/mol. The smallest absolute Gasteiger partial charge is 0.302 e. The van der Waals surface area contributed by atoms with Gasteiger partial charge in [-0.25, -0.2) is 9.50 Å². The highest BCUT2D eigenvalue weighted by atomic mass is 35.5. The number of thiophene rings is 1. The number of carbonyl (C=O) groups is 1. The highest BCUT2D eigenvalue weighted by Crippen LogP contribution is 2.35. The van der Waals surface area contributed by atoms with E-state index >= 15 is 0 Å². The highest BCUT2D eigenvalue weighted by Gasteiger charge is 2.37. The first-order chi connectivity index (χ1) is 17.1. The van der Waals surface area contributed by atoms with Crippen molar-refractivity contribution in [3.8, 4) is 10.6 Å². The summed E-state index contributed by atoms with van der Waals surface area (Å²) in [6, 6.07) is 11.2. The van der Waals surface area contributed by atoms with Crippen LogP contribution in [0.5, 0.6) is 0 Å². The molecule has 14 heteroatoms. The minimum atomic E-state index is -4.78. The summed E-state index contributed by atoms with van der Waals surface area (Å²) in [5.74, 6) is -0.901. The van der Waals surface area contributed by atoms with Gasteiger partial charge < -0.3 is 5.32 Å². The number of carbonyl (C=O) groups excluding carboxylic acids is 1. The minimum Gasteiger partial charge on any atom is -0.302 e. The molecule has 1 amide bonds. The summed E-state index contributed by atoms with van der Waals surface area (Å²) in [7, 11) is 0. The Kier molecular flexibility index (Phi) is 6.41. The van der Waals surface area contributed by atoms with Crippen molar-refractivity contribution in [1.82, 2.24) is 24.4 Å². The normalized spacial score (nSPS) is 11.8. The van der Waals surface area contributed by atoms with Gasteiger partial charge >= 0.3 is 6.18 Å². The van der Waals surface area contributed by atoms with E-state index in [1.165, 1.54) is 22.2 Å². The second-order valence-corrected chi connectivity index (χ2v) is 9.67. The van der Waals surface area contributed by atoms with Crippen LogP contribution < -0.4 is 5.32 Å². The zero-order valence-electron chi connectivity index (χ0n) is 17.7. The summed E-state index contributed by atoms with van der Waals surface area (Å²) < 4.78 is 43.5. The molecule has 0 saturated heterocycles. The van der Waals surface area contributed by atoms with Crippen molar-refractivity contribution in [2.75, 3.05) is 5.32 Å². The topological polar surface area (TPSA) is 77.1 Å². The molecule has 1 aromatic carbocycles. The van der Waals surface area contributed by atoms with Gasteiger partial charge in [-0.15, -0.1) is 11.3 Å². The number of aromatic nitrogens is 5. The van der Waals surface area contributed by atoms with E-state index in [0.717, 1.165) is 11.6 Å². The molecule has 36 heavy (non-hydrogen) atoms. The van der Waals surface area contributed by atoms with Crippen molar-refractivity contribution in [2.24, 2.45) is 0 Å². The molecule has 0 atom stereocenters. The number of benzene rings is 1. The van der Waals surface area contributed by atoms with Crippen LogP contribution in [-0.2, 0) is 12.7 Å². The third-order valence-electron chi connectivity index (χ3n) is 5.02. The highest BCUT2D eigenvalue weighted by molar-refractivity contribution is 7.13. The molecular weight excluding hydrogens is 560 g/mol. The SMILES string of the molecule is O=C(Nc1nn(Cc2ccc(Cl)cc2)cc1Cl)c1nn2c(C(F)(F)F)cc(-c3cccs3)nc2c1Cl. The fraction of sp³-hybridized carbons (Fsp3) is 0.0909. The van der Waals surface area contributed by atoms with Crippen molar-refractivity contribution in [3.63, 3.8) is 0 Å². The van der Waals surface area contributed by atoms with Crippen molar-refractivity contribution in [1.29, 1.82) is 0 Å². The quantitative estimate of drug-likeness (QED) is 0.248. The van der Waals surface area contributed by atoms with Crippen LogP contribution in [0, 0.1) is 0 Å². The molecule has 1 N–H and O–H groups in total. The number of fused-ring (bicyclic) bond motifs is 1. The first-order valence-electron chi connectivity index (χ1n) is 10.1. The molecule has 0 spiro atoms. The van der Waals surface area contributed by atoms with Crippen LogP contribution >= 0.6 is 46.1 Å². The number of amides is 1. The van der Waals surface area contributed by atoms with E-state index in [0.29, 0.717) is 21.0 Å². The predicted octanol–water partition coefficient (Wildman–Crippen LogP) is 6.93. The molecule has 7 nitrogen and oxygen atoms in total. The summed E-state index contributed by atoms with van der Waals surface area (Å²) in [5.41, 5.74) is -0.947. The molecule has 0 radical (unpaired) electrons. The molecular formula is C22H12Cl3F3N6OS. The van der Waals surface area contributed by atoms with Crippen molar-refractivity contribution < 1.29 is 18.0 Å². The van der Waals surface area contributed by atoms with Gasteiger partial charge in [-0.2, -0.15) is 23.4 Å². The van der Waals surface area contributed by atoms with Gasteiger partial charge in [0.2, 0.25) is 0 Å². The maximum atomic E-state index is 13.8. The van der Waals surface area contributed by atoms with Gasteiger partial charge in [0.25, 0.3) is 5.91 Å². The first kappa shape index (κ1) is 24.6. The van der Waals surface area contributed by atoms with E-state index in [2.05, 4.69) is 20.5 Å². The molecule has 0 fully saturated rings. The Balaban J connectivity index is 1.47. The molecule has 0 aliphatic rings. The van der Waals surface area contributed by atoms with Gasteiger partial charge in [0.15, 0.2) is 22.9 Å². The molecule has 0 aliphatic carbocycles. The maximum absolute atomic E-state index is 13.8. The van der Waals surface area contributed by atoms with Crippen LogP contribution in [0.15, 0.2) is 54.0 Å². The number of rotatable bonds is 5. The lowest BCUT2D eigenvalue weighted by molar-refractivity contribution is -0.142. The number of hydrogen-bond acceptors (Lipinski definition) is 5. The van der Waals surface area contributed by atoms with Crippen LogP contribution in [0.4, 0.5) is 19.0 Å². The second-order valence-electron chi connectivity index (χ2n) is 7.50. The largest absolute Gasteiger partial charge is 0.433 e. The van der Waals surface area contributed by atoms with Crippen molar-refractivity contribution in [2.45, 2.75) is 12.7 Å². The Bertz CT molecular complexity index is 1580. The summed E-state index contributed by atoms with van der Waals surface area (Å²) in [6.07, 6.45) is -3.28. The third-order valence-corrected chi connectivity index (χ3v) is 6.79. The van der Waals surface area contributed by atoms with E-state index in [9.17, 15) is 18.0 Å². The Morgan fingerprint density at radius 3 is 2.50 bits per heavy atom. The van der Waals surface area contributed by atoms with Crippen LogP contribution in [-0.4, -0.2) is 30.3 Å². The summed E-state index contributed by atoms with van der Waals surface area (Å²) in [4.78, 5) is 17.7. The maximum Gasteiger partial charge on any atom is 0.433 e. The average molecular weight is 572 g/mol. The average Bonchev–Trinajstić information content (AvgIpc) is 3.55. The van der Waals surface area contributed by atoms with Gasteiger partial charge in [-0.1, -0.05) is 53.0 Å². The fourth-order valence-corrected chi connectivity index (χ4v) is 4.65. The lowest BCUT2D eigenvalue weighted by atomic mass is 10.2. The zero-order chi connectivity index (χ0) is 25.6. The Hall–Kier alpha value is -3.12. The molecule has 4 heterocycles. The number of anilines is 1. The molecule has 4 aromatic heterocycles. The van der Waals surface area contributed by atoms with Crippen molar-refractivity contribution >= 4 is 63.5 Å². The van der Waals surface area contributed by atoms with Crippen LogP contribution in [0.25, 0.3) is 16.2 Å². The standard InChI is InChI=1S/C22H12Cl3F3N6OS/c23-12-5-3-11(4-6-12)9-33-10-13(24)19(32-33)30-21(35)18-17(25)20-29-14(15-2-1-7-36-15)8-16(22(26,27)28)34(20)31-18/h1-8,10H,9H2,(H,30,32,35). The van der Waals surface area contributed by atoms with Gasteiger partial charge in [-0.3, -0.25) is 9.48 Å². The van der Waals surface area contributed by atoms with E-state index in [1.807, 2.05) is 12.1 Å². The molecule has 0 aliphatic heterocycles. The van der Waals surface area contributed by atoms with Crippen LogP contribution in [0.3, 0.4) is 0 Å². The van der Waals surface area contributed by atoms with Gasteiger partial charge in [-0.05, 0) is 35.2 Å². The zero-order valence-corrected chi connectivity index (χ0v) is 20.8. The second kappa shape index (κ2) is 9.40. The van der Waals surface area contributed by atoms with Gasteiger partial charge in [0, 0.05) is 11.2 Å². The summed E-state index contributed by atoms with van der Waals surface area (Å²) in [6.45, 7) is 0.340. The number of nitrogens with zero attached hydrogens (tertiary/aromatic N) is 5. The lowest BCUT2D eigenvalue weighted by Gasteiger charge is -2.10. The summed E-state index contributed by atoms with van der Waals surface area (Å²) >= 11 is 19.6. The van der Waals surface area contributed by atoms with Gasteiger partial charge in [0.1, 0.15) is 10.0 Å². The van der Waals surface area contributed by atoms with E-state index in [4.69, 9.17) is 34.8 Å². The molecule has 0 saturated carbocycles. The third kappa shape index (κ3) is 4.79. The van der Waals surface area contributed by atoms with E-state index in [1.54, 1.807) is 29.6 Å². The van der Waals surface area contributed by atoms with E-state index in [-0.39, 0.29) is 27.2 Å². The summed E-state index contributed by atoms with van der Waals surface area (Å²) in [5, 5.41) is 12.6. The first-order valence-corrected chi connectivity index (χ1v) is 12.1. The number of hydrogen-bond donors (Lipinski definition) is 1. The molecule has 5 rings (SSSR count). The molecule has 5 aromatic rings. The number of halogens is 6. The minimum absolute atomic E-state index is 0.00738. The molecule has 0 bridgehead atoms. The molecule has 184 valence electrons. The van der Waals surface area contributed by atoms with E-state index < -0.39 is 23.5 Å². The predicted molar refractivity (Wildman–Crippen MR) is 132 cm³/mol. The van der Waals surface area contributed by atoms with Crippen LogP contribution in [0.1, 0.15) is 21.7 Å². The van der Waals surface area contributed by atoms with Crippen molar-refractivity contribution in [3.05, 3.63) is 86.1 Å². The Labute approximate surface area is 220 Å². The fourth-order valence-electron chi connectivity index (χ4n) is 3.40. The number of alkyl halides is 3. The van der Waals surface area contributed by atoms with Gasteiger partial charge in [0.05, 0.1) is 17.1 Å². The molecule has 0 unspecified atom stereocenters. The Morgan fingerprint density at radius 1 is 1.08 bits per heavy atom. The lowest BCUT2D eigenvalue weighted by Crippen LogP contribution is -2.16. The Morgan fingerprint density at radius 2 is 1.83 bits per heavy atom. The number of nitrogens with one attached hydrogen (secondary N) is 1.